The predicted octanol–water partition coefficient (Wildman–Crippen LogP) is 0.784. The second-order valence-electron chi connectivity index (χ2n) is 4.89. The lowest BCUT2D eigenvalue weighted by molar-refractivity contribution is 0.0928. The summed E-state index contributed by atoms with van der Waals surface area (Å²) in [5.74, 6) is 0.445. The molecule has 2 heterocycles. The third-order valence-corrected chi connectivity index (χ3v) is 3.48. The maximum atomic E-state index is 11.9. The smallest absolute Gasteiger partial charge is 0.407 e. The molecule has 0 atom stereocenters. The van der Waals surface area contributed by atoms with Crippen molar-refractivity contribution in [2.24, 2.45) is 5.92 Å². The van der Waals surface area contributed by atoms with Crippen LogP contribution in [0.3, 0.4) is 0 Å². The maximum absolute atomic E-state index is 11.9. The molecule has 0 spiro atoms. The lowest BCUT2D eigenvalue weighted by Gasteiger charge is -2.29. The van der Waals surface area contributed by atoms with E-state index in [1.807, 2.05) is 0 Å². The van der Waals surface area contributed by atoms with Crippen LogP contribution in [0.5, 0.6) is 0 Å². The van der Waals surface area contributed by atoms with Gasteiger partial charge in [0.15, 0.2) is 0 Å². The van der Waals surface area contributed by atoms with Crippen molar-refractivity contribution in [3.63, 3.8) is 0 Å². The summed E-state index contributed by atoms with van der Waals surface area (Å²) in [6.07, 6.45) is 2.16. The van der Waals surface area contributed by atoms with Crippen LogP contribution in [0.15, 0.2) is 18.3 Å². The van der Waals surface area contributed by atoms with Crippen LogP contribution in [-0.2, 0) is 0 Å². The minimum Gasteiger partial charge on any atom is -0.465 e. The highest BCUT2D eigenvalue weighted by molar-refractivity contribution is 5.94. The van der Waals surface area contributed by atoms with Crippen LogP contribution in [0.2, 0.25) is 0 Å². The zero-order chi connectivity index (χ0) is 14.5. The third kappa shape index (κ3) is 3.59. The van der Waals surface area contributed by atoms with Crippen molar-refractivity contribution in [2.45, 2.75) is 12.8 Å². The Balaban J connectivity index is 1.79. The molecule has 1 aromatic heterocycles. The van der Waals surface area contributed by atoms with E-state index < -0.39 is 6.09 Å². The third-order valence-electron chi connectivity index (χ3n) is 3.48. The maximum Gasteiger partial charge on any atom is 0.407 e. The summed E-state index contributed by atoms with van der Waals surface area (Å²) in [6.45, 7) is 1.60. The minimum absolute atomic E-state index is 0.181. The predicted molar refractivity (Wildman–Crippen MR) is 73.3 cm³/mol. The molecule has 7 nitrogen and oxygen atoms in total. The van der Waals surface area contributed by atoms with Crippen molar-refractivity contribution < 1.29 is 14.7 Å². The molecule has 2 rings (SSSR count). The van der Waals surface area contributed by atoms with Gasteiger partial charge in [0, 0.05) is 31.4 Å². The van der Waals surface area contributed by atoms with Crippen LogP contribution in [0.4, 0.5) is 10.6 Å². The molecule has 1 aromatic rings. The van der Waals surface area contributed by atoms with Crippen LogP contribution in [0.25, 0.3) is 0 Å². The van der Waals surface area contributed by atoms with Gasteiger partial charge in [-0.3, -0.25) is 4.79 Å². The van der Waals surface area contributed by atoms with Crippen LogP contribution in [-0.4, -0.2) is 46.6 Å². The van der Waals surface area contributed by atoms with Crippen molar-refractivity contribution in [1.29, 1.82) is 0 Å². The van der Waals surface area contributed by atoms with E-state index in [4.69, 9.17) is 10.8 Å². The Bertz CT molecular complexity index is 498. The van der Waals surface area contributed by atoms with Gasteiger partial charge >= 0.3 is 6.09 Å². The number of amides is 2. The topological polar surface area (TPSA) is 109 Å². The monoisotopic (exact) mass is 278 g/mol. The Labute approximate surface area is 116 Å². The number of carbonyl (C=O) groups is 2. The average Bonchev–Trinajstić information content (AvgIpc) is 2.45. The van der Waals surface area contributed by atoms with E-state index in [0.29, 0.717) is 36.9 Å². The summed E-state index contributed by atoms with van der Waals surface area (Å²) in [5, 5.41) is 11.7. The zero-order valence-electron chi connectivity index (χ0n) is 11.1. The summed E-state index contributed by atoms with van der Waals surface area (Å²) in [5.41, 5.74) is 6.01. The molecule has 108 valence electrons. The number of nitrogens with zero attached hydrogens (tertiary/aromatic N) is 2. The quantitative estimate of drug-likeness (QED) is 0.757. The number of piperidine rings is 1. The first-order valence-corrected chi connectivity index (χ1v) is 6.54. The normalized spacial score (nSPS) is 15.9. The highest BCUT2D eigenvalue weighted by atomic mass is 16.4. The number of hydrogen-bond donors (Lipinski definition) is 3. The van der Waals surface area contributed by atoms with Gasteiger partial charge < -0.3 is 21.1 Å². The molecule has 1 saturated heterocycles. The van der Waals surface area contributed by atoms with Gasteiger partial charge in [-0.15, -0.1) is 0 Å². The first kappa shape index (κ1) is 14.1. The first-order valence-electron chi connectivity index (χ1n) is 6.54. The molecular weight excluding hydrogens is 260 g/mol. The van der Waals surface area contributed by atoms with E-state index in [2.05, 4.69) is 10.3 Å². The van der Waals surface area contributed by atoms with Gasteiger partial charge in [0.05, 0.1) is 0 Å². The molecular formula is C13H18N4O3. The van der Waals surface area contributed by atoms with Gasteiger partial charge in [0.1, 0.15) is 5.82 Å². The molecule has 4 N–H and O–H groups in total. The average molecular weight is 278 g/mol. The summed E-state index contributed by atoms with van der Waals surface area (Å²) in [6, 6.07) is 3.14. The van der Waals surface area contributed by atoms with Gasteiger partial charge in [0.25, 0.3) is 5.91 Å². The fraction of sp³-hybridized carbons (Fsp3) is 0.462. The zero-order valence-corrected chi connectivity index (χ0v) is 11.1. The van der Waals surface area contributed by atoms with Crippen LogP contribution in [0, 0.1) is 5.92 Å². The van der Waals surface area contributed by atoms with Gasteiger partial charge in [-0.1, -0.05) is 0 Å². The van der Waals surface area contributed by atoms with Crippen LogP contribution in [0.1, 0.15) is 23.2 Å². The molecule has 20 heavy (non-hydrogen) atoms. The highest BCUT2D eigenvalue weighted by Gasteiger charge is 2.22. The molecule has 1 fully saturated rings. The number of carboxylic acid groups (broad SMARTS) is 1. The lowest BCUT2D eigenvalue weighted by Crippen LogP contribution is -2.40. The van der Waals surface area contributed by atoms with Gasteiger partial charge in [0.2, 0.25) is 0 Å². The number of nitrogen functional groups attached to an aromatic ring is 1. The van der Waals surface area contributed by atoms with Crippen LogP contribution < -0.4 is 11.1 Å². The Hall–Kier alpha value is -2.31. The Morgan fingerprint density at radius 1 is 1.45 bits per heavy atom. The van der Waals surface area contributed by atoms with Crippen molar-refractivity contribution >= 4 is 17.8 Å². The Morgan fingerprint density at radius 3 is 2.75 bits per heavy atom. The molecule has 0 bridgehead atoms. The molecule has 0 unspecified atom stereocenters. The molecule has 2 amide bonds. The molecule has 7 heteroatoms. The SMILES string of the molecule is Nc1cc(C(=O)NCC2CCN(C(=O)O)CC2)ccn1. The Kier molecular flexibility index (Phi) is 4.39. The number of nitrogens with one attached hydrogen (secondary N) is 1. The molecule has 1 aliphatic heterocycles. The number of anilines is 1. The number of rotatable bonds is 3. The number of pyridine rings is 1. The van der Waals surface area contributed by atoms with Crippen molar-refractivity contribution in [3.05, 3.63) is 23.9 Å². The van der Waals surface area contributed by atoms with Gasteiger partial charge in [-0.2, -0.15) is 0 Å². The van der Waals surface area contributed by atoms with E-state index >= 15 is 0 Å². The van der Waals surface area contributed by atoms with E-state index in [1.54, 1.807) is 6.07 Å². The van der Waals surface area contributed by atoms with Crippen molar-refractivity contribution in [1.82, 2.24) is 15.2 Å². The summed E-state index contributed by atoms with van der Waals surface area (Å²) in [4.78, 5) is 27.9. The summed E-state index contributed by atoms with van der Waals surface area (Å²) < 4.78 is 0. The minimum atomic E-state index is -0.875. The van der Waals surface area contributed by atoms with Crippen LogP contribution >= 0.6 is 0 Å². The number of carbonyl (C=O) groups excluding carboxylic acids is 1. The largest absolute Gasteiger partial charge is 0.465 e. The van der Waals surface area contributed by atoms with Gasteiger partial charge in [-0.25, -0.2) is 9.78 Å². The van der Waals surface area contributed by atoms with Gasteiger partial charge in [-0.05, 0) is 30.9 Å². The van der Waals surface area contributed by atoms with E-state index in [-0.39, 0.29) is 5.91 Å². The second kappa shape index (κ2) is 6.23. The number of aromatic nitrogens is 1. The number of nitrogens with two attached hydrogens (primary N) is 1. The number of likely N-dealkylation sites (tertiary alicyclic amines) is 1. The molecule has 0 radical (unpaired) electrons. The highest BCUT2D eigenvalue weighted by Crippen LogP contribution is 2.16. The Morgan fingerprint density at radius 2 is 2.15 bits per heavy atom. The standard InChI is InChI=1S/C13H18N4O3/c14-11-7-10(1-4-15-11)12(18)16-8-9-2-5-17(6-3-9)13(19)20/h1,4,7,9H,2-3,5-6,8H2,(H2,14,15)(H,16,18)(H,19,20). The molecule has 1 aliphatic rings. The first-order chi connectivity index (χ1) is 9.56. The summed E-state index contributed by atoms with van der Waals surface area (Å²) >= 11 is 0. The molecule has 0 aliphatic carbocycles. The van der Waals surface area contributed by atoms with Crippen molar-refractivity contribution in [3.8, 4) is 0 Å². The van der Waals surface area contributed by atoms with E-state index in [0.717, 1.165) is 12.8 Å². The molecule has 0 aromatic carbocycles. The fourth-order valence-electron chi connectivity index (χ4n) is 2.26. The van der Waals surface area contributed by atoms with Crippen molar-refractivity contribution in [2.75, 3.05) is 25.4 Å². The molecule has 0 saturated carbocycles. The lowest BCUT2D eigenvalue weighted by atomic mass is 9.97. The van der Waals surface area contributed by atoms with E-state index in [1.165, 1.54) is 17.2 Å². The number of hydrogen-bond acceptors (Lipinski definition) is 4. The fourth-order valence-corrected chi connectivity index (χ4v) is 2.26. The summed E-state index contributed by atoms with van der Waals surface area (Å²) in [7, 11) is 0. The second-order valence-corrected chi connectivity index (χ2v) is 4.89. The van der Waals surface area contributed by atoms with E-state index in [9.17, 15) is 9.59 Å².